The average molecular weight is 284 g/mol. The summed E-state index contributed by atoms with van der Waals surface area (Å²) >= 11 is 0. The molecule has 0 amide bonds. The van der Waals surface area contributed by atoms with Crippen LogP contribution >= 0.6 is 0 Å². The lowest BCUT2D eigenvalue weighted by atomic mass is 10.5. The van der Waals surface area contributed by atoms with Crippen molar-refractivity contribution >= 4 is 10.0 Å². The van der Waals surface area contributed by atoms with Crippen LogP contribution in [-0.4, -0.2) is 45.8 Å². The SMILES string of the molecule is CS(=O)(=O)NCCn1nc(-n2cncn2)ccc1=O. The lowest BCUT2D eigenvalue weighted by molar-refractivity contribution is 0.544. The summed E-state index contributed by atoms with van der Waals surface area (Å²) in [6.45, 7) is 0.223. The van der Waals surface area contributed by atoms with Gasteiger partial charge in [-0.3, -0.25) is 4.79 Å². The molecule has 0 radical (unpaired) electrons. The molecule has 2 aromatic heterocycles. The van der Waals surface area contributed by atoms with Gasteiger partial charge in [-0.15, -0.1) is 5.10 Å². The summed E-state index contributed by atoms with van der Waals surface area (Å²) in [5.74, 6) is 0.427. The maximum Gasteiger partial charge on any atom is 0.266 e. The van der Waals surface area contributed by atoms with E-state index in [1.54, 1.807) is 0 Å². The van der Waals surface area contributed by atoms with E-state index < -0.39 is 10.0 Å². The van der Waals surface area contributed by atoms with E-state index in [0.717, 1.165) is 10.9 Å². The summed E-state index contributed by atoms with van der Waals surface area (Å²) in [5, 5.41) is 7.96. The molecule has 0 saturated carbocycles. The lowest BCUT2D eigenvalue weighted by Gasteiger charge is -2.06. The highest BCUT2D eigenvalue weighted by Gasteiger charge is 2.05. The Labute approximate surface area is 109 Å². The first-order valence-electron chi connectivity index (χ1n) is 5.33. The number of rotatable bonds is 5. The van der Waals surface area contributed by atoms with Crippen molar-refractivity contribution in [3.05, 3.63) is 35.1 Å². The third-order valence-electron chi connectivity index (χ3n) is 2.19. The molecule has 0 aliphatic heterocycles. The number of hydrogen-bond donors (Lipinski definition) is 1. The minimum Gasteiger partial charge on any atom is -0.268 e. The zero-order valence-electron chi connectivity index (χ0n) is 10.1. The van der Waals surface area contributed by atoms with Crippen molar-refractivity contribution < 1.29 is 8.42 Å². The summed E-state index contributed by atoms with van der Waals surface area (Å²) in [4.78, 5) is 15.4. The highest BCUT2D eigenvalue weighted by Crippen LogP contribution is 1.96. The van der Waals surface area contributed by atoms with Gasteiger partial charge >= 0.3 is 0 Å². The van der Waals surface area contributed by atoms with Crippen LogP contribution in [0.4, 0.5) is 0 Å². The Morgan fingerprint density at radius 3 is 2.79 bits per heavy atom. The molecule has 0 spiro atoms. The van der Waals surface area contributed by atoms with Gasteiger partial charge in [-0.1, -0.05) is 0 Å². The molecular formula is C9H12N6O3S. The maximum absolute atomic E-state index is 11.6. The minimum atomic E-state index is -3.28. The predicted octanol–water partition coefficient (Wildman–Crippen LogP) is -1.63. The second-order valence-corrected chi connectivity index (χ2v) is 5.59. The molecule has 2 aromatic rings. The van der Waals surface area contributed by atoms with Gasteiger partial charge in [0.2, 0.25) is 10.0 Å². The van der Waals surface area contributed by atoms with Crippen molar-refractivity contribution in [2.75, 3.05) is 12.8 Å². The second-order valence-electron chi connectivity index (χ2n) is 3.76. The molecule has 0 aliphatic carbocycles. The molecule has 0 aliphatic rings. The molecule has 2 heterocycles. The van der Waals surface area contributed by atoms with Gasteiger partial charge in [-0.25, -0.2) is 27.5 Å². The number of aromatic nitrogens is 5. The smallest absolute Gasteiger partial charge is 0.266 e. The fourth-order valence-corrected chi connectivity index (χ4v) is 1.85. The van der Waals surface area contributed by atoms with Gasteiger partial charge in [0.05, 0.1) is 12.8 Å². The molecule has 10 heteroatoms. The van der Waals surface area contributed by atoms with Crippen molar-refractivity contribution in [3.8, 4) is 5.82 Å². The third-order valence-corrected chi connectivity index (χ3v) is 2.92. The van der Waals surface area contributed by atoms with Crippen molar-refractivity contribution in [2.24, 2.45) is 0 Å². The van der Waals surface area contributed by atoms with Crippen LogP contribution in [0.3, 0.4) is 0 Å². The fraction of sp³-hybridized carbons (Fsp3) is 0.333. The largest absolute Gasteiger partial charge is 0.268 e. The average Bonchev–Trinajstić information content (AvgIpc) is 2.83. The zero-order chi connectivity index (χ0) is 13.9. The van der Waals surface area contributed by atoms with Gasteiger partial charge in [0, 0.05) is 12.6 Å². The van der Waals surface area contributed by atoms with Gasteiger partial charge in [-0.05, 0) is 6.07 Å². The topological polar surface area (TPSA) is 112 Å². The van der Waals surface area contributed by atoms with Crippen molar-refractivity contribution in [3.63, 3.8) is 0 Å². The Morgan fingerprint density at radius 2 is 2.16 bits per heavy atom. The van der Waals surface area contributed by atoms with Crippen LogP contribution in [0.15, 0.2) is 29.6 Å². The van der Waals surface area contributed by atoms with E-state index in [0.29, 0.717) is 5.82 Å². The molecule has 0 atom stereocenters. The van der Waals surface area contributed by atoms with Crippen molar-refractivity contribution in [2.45, 2.75) is 6.54 Å². The molecule has 1 N–H and O–H groups in total. The standard InChI is InChI=1S/C9H12N6O3S/c1-19(17,18)12-4-5-14-9(16)3-2-8(13-14)15-7-10-6-11-15/h2-3,6-7,12H,4-5H2,1H3. The van der Waals surface area contributed by atoms with Crippen LogP contribution in [0.5, 0.6) is 0 Å². The Bertz CT molecular complexity index is 706. The summed E-state index contributed by atoms with van der Waals surface area (Å²) in [6.07, 6.45) is 3.85. The first kappa shape index (κ1) is 13.4. The van der Waals surface area contributed by atoms with Gasteiger partial charge < -0.3 is 0 Å². The molecule has 9 nitrogen and oxygen atoms in total. The fourth-order valence-electron chi connectivity index (χ4n) is 1.38. The van der Waals surface area contributed by atoms with Gasteiger partial charge in [-0.2, -0.15) is 5.10 Å². The van der Waals surface area contributed by atoms with Crippen LogP contribution in [0.25, 0.3) is 5.82 Å². The van der Waals surface area contributed by atoms with E-state index in [1.165, 1.54) is 29.5 Å². The molecule has 102 valence electrons. The molecule has 19 heavy (non-hydrogen) atoms. The molecular weight excluding hydrogens is 272 g/mol. The summed E-state index contributed by atoms with van der Waals surface area (Å²) < 4.78 is 26.7. The summed E-state index contributed by atoms with van der Waals surface area (Å²) in [5.41, 5.74) is -0.320. The van der Waals surface area contributed by atoms with Crippen LogP contribution in [0, 0.1) is 0 Å². The van der Waals surface area contributed by atoms with Crippen LogP contribution in [0.1, 0.15) is 0 Å². The number of sulfonamides is 1. The van der Waals surface area contributed by atoms with E-state index in [2.05, 4.69) is 19.9 Å². The van der Waals surface area contributed by atoms with Crippen molar-refractivity contribution in [1.82, 2.24) is 29.3 Å². The first-order chi connectivity index (χ1) is 8.96. The molecule has 0 fully saturated rings. The first-order valence-corrected chi connectivity index (χ1v) is 7.23. The molecule has 0 aromatic carbocycles. The predicted molar refractivity (Wildman–Crippen MR) is 66.3 cm³/mol. The lowest BCUT2D eigenvalue weighted by Crippen LogP contribution is -2.31. The minimum absolute atomic E-state index is 0.0898. The zero-order valence-corrected chi connectivity index (χ0v) is 10.9. The third kappa shape index (κ3) is 3.69. The Balaban J connectivity index is 2.16. The van der Waals surface area contributed by atoms with E-state index in [1.807, 2.05) is 0 Å². The van der Waals surface area contributed by atoms with E-state index >= 15 is 0 Å². The summed E-state index contributed by atoms with van der Waals surface area (Å²) in [7, 11) is -3.28. The highest BCUT2D eigenvalue weighted by molar-refractivity contribution is 7.88. The van der Waals surface area contributed by atoms with Crippen LogP contribution < -0.4 is 10.3 Å². The maximum atomic E-state index is 11.6. The van der Waals surface area contributed by atoms with E-state index in [-0.39, 0.29) is 18.6 Å². The Hall–Kier alpha value is -2.07. The summed E-state index contributed by atoms with van der Waals surface area (Å²) in [6, 6.07) is 2.85. The molecule has 0 saturated heterocycles. The van der Waals surface area contributed by atoms with Crippen LogP contribution in [-0.2, 0) is 16.6 Å². The quantitative estimate of drug-likeness (QED) is 0.705. The van der Waals surface area contributed by atoms with Gasteiger partial charge in [0.15, 0.2) is 5.82 Å². The highest BCUT2D eigenvalue weighted by atomic mass is 32.2. The van der Waals surface area contributed by atoms with Crippen molar-refractivity contribution in [1.29, 1.82) is 0 Å². The van der Waals surface area contributed by atoms with Crippen LogP contribution in [0.2, 0.25) is 0 Å². The Morgan fingerprint density at radius 1 is 1.37 bits per heavy atom. The molecule has 0 bridgehead atoms. The van der Waals surface area contributed by atoms with Gasteiger partial charge in [0.25, 0.3) is 5.56 Å². The Kier molecular flexibility index (Phi) is 3.71. The normalized spacial score (nSPS) is 11.6. The second kappa shape index (κ2) is 5.28. The molecule has 0 unspecified atom stereocenters. The number of nitrogens with zero attached hydrogens (tertiary/aromatic N) is 5. The van der Waals surface area contributed by atoms with E-state index in [4.69, 9.17) is 0 Å². The number of hydrogen-bond acceptors (Lipinski definition) is 6. The molecule has 2 rings (SSSR count). The monoisotopic (exact) mass is 284 g/mol. The van der Waals surface area contributed by atoms with Gasteiger partial charge in [0.1, 0.15) is 12.7 Å². The van der Waals surface area contributed by atoms with E-state index in [9.17, 15) is 13.2 Å². The number of nitrogens with one attached hydrogen (secondary N) is 1.